The van der Waals surface area contributed by atoms with Crippen LogP contribution in [0.5, 0.6) is 5.75 Å². The molecule has 0 heterocycles. The molecule has 0 saturated carbocycles. The molecule has 0 spiro atoms. The molecule has 2 nitrogen and oxygen atoms in total. The third kappa shape index (κ3) is 5.82. The first kappa shape index (κ1) is 15.9. The lowest BCUT2D eigenvalue weighted by molar-refractivity contribution is 0.343. The summed E-state index contributed by atoms with van der Waals surface area (Å²) in [6, 6.07) is 18.9. The molecule has 0 aliphatic heterocycles. The lowest BCUT2D eigenvalue weighted by Gasteiger charge is -2.11. The fourth-order valence-corrected chi connectivity index (χ4v) is 2.80. The van der Waals surface area contributed by atoms with Crippen molar-refractivity contribution in [3.63, 3.8) is 0 Å². The second kappa shape index (κ2) is 8.75. The highest BCUT2D eigenvalue weighted by Crippen LogP contribution is 2.18. The molecule has 0 bridgehead atoms. The van der Waals surface area contributed by atoms with Crippen LogP contribution in [0.3, 0.4) is 0 Å². The summed E-state index contributed by atoms with van der Waals surface area (Å²) >= 11 is 1.81. The Kier molecular flexibility index (Phi) is 6.64. The van der Waals surface area contributed by atoms with E-state index in [-0.39, 0.29) is 6.04 Å². The van der Waals surface area contributed by atoms with Crippen LogP contribution in [0.25, 0.3) is 0 Å². The molecule has 0 fully saturated rings. The molecule has 21 heavy (non-hydrogen) atoms. The Morgan fingerprint density at radius 1 is 1.10 bits per heavy atom. The molecule has 2 aromatic rings. The van der Waals surface area contributed by atoms with Crippen molar-refractivity contribution in [2.75, 3.05) is 12.4 Å². The minimum Gasteiger partial charge on any atom is -0.493 e. The summed E-state index contributed by atoms with van der Waals surface area (Å²) in [7, 11) is 0. The molecular formula is C18H23NOS. The van der Waals surface area contributed by atoms with Gasteiger partial charge in [-0.3, -0.25) is 0 Å². The largest absolute Gasteiger partial charge is 0.493 e. The van der Waals surface area contributed by atoms with Crippen molar-refractivity contribution < 1.29 is 4.74 Å². The highest BCUT2D eigenvalue weighted by atomic mass is 32.2. The van der Waals surface area contributed by atoms with E-state index in [4.69, 9.17) is 10.5 Å². The summed E-state index contributed by atoms with van der Waals surface area (Å²) < 4.78 is 5.82. The van der Waals surface area contributed by atoms with E-state index < -0.39 is 0 Å². The lowest BCUT2D eigenvalue weighted by atomic mass is 10.0. The minimum absolute atomic E-state index is 0.230. The van der Waals surface area contributed by atoms with Crippen LogP contribution in [0.1, 0.15) is 18.9 Å². The quantitative estimate of drug-likeness (QED) is 0.588. The van der Waals surface area contributed by atoms with Crippen LogP contribution in [0.4, 0.5) is 0 Å². The molecule has 0 amide bonds. The van der Waals surface area contributed by atoms with Crippen molar-refractivity contribution in [1.29, 1.82) is 0 Å². The van der Waals surface area contributed by atoms with E-state index in [1.54, 1.807) is 0 Å². The maximum absolute atomic E-state index is 6.00. The van der Waals surface area contributed by atoms with Crippen molar-refractivity contribution >= 4 is 11.8 Å². The van der Waals surface area contributed by atoms with E-state index in [9.17, 15) is 0 Å². The first-order chi connectivity index (χ1) is 10.3. The average Bonchev–Trinajstić information content (AvgIpc) is 2.53. The summed E-state index contributed by atoms with van der Waals surface area (Å²) in [5, 5.41) is 0. The molecule has 112 valence electrons. The Labute approximate surface area is 131 Å². The van der Waals surface area contributed by atoms with Crippen LogP contribution in [-0.2, 0) is 6.42 Å². The molecular weight excluding hydrogens is 278 g/mol. The molecule has 1 unspecified atom stereocenters. The van der Waals surface area contributed by atoms with Crippen LogP contribution in [0.15, 0.2) is 59.5 Å². The van der Waals surface area contributed by atoms with Gasteiger partial charge in [0, 0.05) is 16.7 Å². The van der Waals surface area contributed by atoms with Gasteiger partial charge in [0.2, 0.25) is 0 Å². The normalized spacial score (nSPS) is 12.1. The summed E-state index contributed by atoms with van der Waals surface area (Å²) in [5.41, 5.74) is 7.24. The first-order valence-corrected chi connectivity index (χ1v) is 8.41. The van der Waals surface area contributed by atoms with E-state index >= 15 is 0 Å². The fraction of sp³-hybridized carbons (Fsp3) is 0.333. The summed E-state index contributed by atoms with van der Waals surface area (Å²) in [6.07, 6.45) is 1.91. The number of ether oxygens (including phenoxy) is 1. The van der Waals surface area contributed by atoms with Gasteiger partial charge < -0.3 is 10.5 Å². The predicted octanol–water partition coefficient (Wildman–Crippen LogP) is 4.14. The van der Waals surface area contributed by atoms with Crippen molar-refractivity contribution in [2.24, 2.45) is 5.73 Å². The molecule has 0 aromatic heterocycles. The van der Waals surface area contributed by atoms with Crippen molar-refractivity contribution in [3.05, 3.63) is 60.2 Å². The topological polar surface area (TPSA) is 35.2 Å². The number of rotatable bonds is 8. The molecule has 0 saturated heterocycles. The van der Waals surface area contributed by atoms with Crippen LogP contribution < -0.4 is 10.5 Å². The van der Waals surface area contributed by atoms with Crippen LogP contribution in [0.2, 0.25) is 0 Å². The van der Waals surface area contributed by atoms with Gasteiger partial charge >= 0.3 is 0 Å². The molecule has 0 aliphatic carbocycles. The molecule has 1 atom stereocenters. The van der Waals surface area contributed by atoms with Crippen molar-refractivity contribution in [2.45, 2.75) is 30.7 Å². The lowest BCUT2D eigenvalue weighted by Crippen LogP contribution is -2.21. The summed E-state index contributed by atoms with van der Waals surface area (Å²) in [4.78, 5) is 1.28. The highest BCUT2D eigenvalue weighted by Gasteiger charge is 2.03. The molecule has 2 aromatic carbocycles. The third-order valence-corrected chi connectivity index (χ3v) is 4.26. The fourth-order valence-electron chi connectivity index (χ4n) is 2.05. The standard InChI is InChI=1S/C18H23NOS/c1-2-16(19)13-15-7-6-8-17(14-15)20-11-12-21-18-9-4-3-5-10-18/h3-10,14,16H,2,11-13,19H2,1H3. The van der Waals surface area contributed by atoms with E-state index in [1.807, 2.05) is 30.0 Å². The number of thioether (sulfide) groups is 1. The van der Waals surface area contributed by atoms with Crippen molar-refractivity contribution in [1.82, 2.24) is 0 Å². The maximum Gasteiger partial charge on any atom is 0.119 e. The predicted molar refractivity (Wildman–Crippen MR) is 91.1 cm³/mol. The highest BCUT2D eigenvalue weighted by molar-refractivity contribution is 7.99. The number of hydrogen-bond donors (Lipinski definition) is 1. The van der Waals surface area contributed by atoms with Gasteiger partial charge in [-0.05, 0) is 42.7 Å². The SMILES string of the molecule is CCC(N)Cc1cccc(OCCSc2ccccc2)c1. The zero-order chi connectivity index (χ0) is 14.9. The molecule has 0 aliphatic rings. The Bertz CT molecular complexity index is 530. The molecule has 3 heteroatoms. The summed E-state index contributed by atoms with van der Waals surface area (Å²) in [5.74, 6) is 1.88. The van der Waals surface area contributed by atoms with Crippen LogP contribution >= 0.6 is 11.8 Å². The van der Waals surface area contributed by atoms with Gasteiger partial charge in [-0.1, -0.05) is 37.3 Å². The van der Waals surface area contributed by atoms with Gasteiger partial charge in [0.1, 0.15) is 5.75 Å². The van der Waals surface area contributed by atoms with Gasteiger partial charge in [0.15, 0.2) is 0 Å². The second-order valence-corrected chi connectivity index (χ2v) is 6.20. The number of benzene rings is 2. The zero-order valence-corrected chi connectivity index (χ0v) is 13.3. The zero-order valence-electron chi connectivity index (χ0n) is 12.5. The Hall–Kier alpha value is -1.45. The van der Waals surface area contributed by atoms with Crippen molar-refractivity contribution in [3.8, 4) is 5.75 Å². The van der Waals surface area contributed by atoms with Crippen LogP contribution in [0, 0.1) is 0 Å². The van der Waals surface area contributed by atoms with E-state index in [2.05, 4.69) is 43.3 Å². The smallest absolute Gasteiger partial charge is 0.119 e. The molecule has 2 N–H and O–H groups in total. The van der Waals surface area contributed by atoms with Gasteiger partial charge in [-0.15, -0.1) is 11.8 Å². The summed E-state index contributed by atoms with van der Waals surface area (Å²) in [6.45, 7) is 2.83. The Morgan fingerprint density at radius 2 is 1.90 bits per heavy atom. The third-order valence-electron chi connectivity index (χ3n) is 3.28. The Morgan fingerprint density at radius 3 is 2.67 bits per heavy atom. The van der Waals surface area contributed by atoms with Gasteiger partial charge in [0.05, 0.1) is 6.61 Å². The van der Waals surface area contributed by atoms with Gasteiger partial charge in [-0.25, -0.2) is 0 Å². The second-order valence-electron chi connectivity index (χ2n) is 5.03. The van der Waals surface area contributed by atoms with Gasteiger partial charge in [-0.2, -0.15) is 0 Å². The Balaban J connectivity index is 1.76. The van der Waals surface area contributed by atoms with E-state index in [1.165, 1.54) is 10.5 Å². The van der Waals surface area contributed by atoms with E-state index in [0.29, 0.717) is 6.61 Å². The molecule has 0 radical (unpaired) electrons. The first-order valence-electron chi connectivity index (χ1n) is 7.43. The van der Waals surface area contributed by atoms with Gasteiger partial charge in [0.25, 0.3) is 0 Å². The average molecular weight is 301 g/mol. The number of hydrogen-bond acceptors (Lipinski definition) is 3. The maximum atomic E-state index is 6.00. The molecule has 2 rings (SSSR count). The van der Waals surface area contributed by atoms with Crippen LogP contribution in [-0.4, -0.2) is 18.4 Å². The monoisotopic (exact) mass is 301 g/mol. The minimum atomic E-state index is 0.230. The van der Waals surface area contributed by atoms with E-state index in [0.717, 1.165) is 24.3 Å². The number of nitrogens with two attached hydrogens (primary N) is 1.